The summed E-state index contributed by atoms with van der Waals surface area (Å²) in [6, 6.07) is 61.3. The molecule has 4 heteroatoms. The standard InChI is InChI=1S/C46H28N2OS/c1-2-11-31(12-3-1)48-39-16-7-4-13-34(39)37-28-33(23-24-40(37)48)47(41-17-10-19-43-46(41)36-15-5-8-18-42(36)49-43)32-22-21-29-26-38-35-14-6-9-20-44(35)50-45(38)27-30(29)25-32/h1-28H. The summed E-state index contributed by atoms with van der Waals surface area (Å²) in [5.74, 6) is 0. The Morgan fingerprint density at radius 3 is 2.08 bits per heavy atom. The van der Waals surface area contributed by atoms with Crippen LogP contribution in [0.5, 0.6) is 0 Å². The first kappa shape index (κ1) is 27.6. The molecule has 234 valence electrons. The number of fused-ring (bicyclic) bond motifs is 10. The predicted octanol–water partition coefficient (Wildman–Crippen LogP) is 13.7. The smallest absolute Gasteiger partial charge is 0.137 e. The Bertz CT molecular complexity index is 3110. The van der Waals surface area contributed by atoms with Crippen LogP contribution >= 0.6 is 11.3 Å². The van der Waals surface area contributed by atoms with Gasteiger partial charge in [-0.05, 0) is 95.7 Å². The summed E-state index contributed by atoms with van der Waals surface area (Å²) in [5, 5.41) is 9.75. The quantitative estimate of drug-likeness (QED) is 0.188. The molecule has 0 unspecified atom stereocenters. The van der Waals surface area contributed by atoms with Crippen molar-refractivity contribution in [2.45, 2.75) is 0 Å². The van der Waals surface area contributed by atoms with Gasteiger partial charge in [0.15, 0.2) is 0 Å². The molecule has 3 aromatic heterocycles. The van der Waals surface area contributed by atoms with Crippen LogP contribution in [0, 0.1) is 0 Å². The third-order valence-corrected chi connectivity index (χ3v) is 11.3. The average Bonchev–Trinajstić information content (AvgIpc) is 3.84. The van der Waals surface area contributed by atoms with E-state index in [9.17, 15) is 0 Å². The zero-order chi connectivity index (χ0) is 32.8. The highest BCUT2D eigenvalue weighted by atomic mass is 32.1. The fourth-order valence-electron chi connectivity index (χ4n) is 7.92. The van der Waals surface area contributed by atoms with E-state index in [1.165, 1.54) is 52.8 Å². The Balaban J connectivity index is 1.19. The van der Waals surface area contributed by atoms with E-state index in [2.05, 4.69) is 173 Å². The number of thiophene rings is 1. The molecule has 0 spiro atoms. The van der Waals surface area contributed by atoms with Crippen LogP contribution in [0.15, 0.2) is 174 Å². The van der Waals surface area contributed by atoms with E-state index in [1.807, 2.05) is 17.4 Å². The SMILES string of the molecule is c1ccc(-n2c3ccccc3c3cc(N(c4ccc5cc6c(cc5c4)sc4ccccc46)c4cccc5oc6ccccc6c45)ccc32)cc1. The number of furan rings is 1. The Morgan fingerprint density at radius 2 is 1.16 bits per heavy atom. The molecule has 0 atom stereocenters. The van der Waals surface area contributed by atoms with E-state index in [-0.39, 0.29) is 0 Å². The molecule has 11 rings (SSSR count). The molecule has 0 aliphatic carbocycles. The number of nitrogens with zero attached hydrogens (tertiary/aromatic N) is 2. The molecule has 0 bridgehead atoms. The van der Waals surface area contributed by atoms with Crippen molar-refractivity contribution in [3.05, 3.63) is 170 Å². The van der Waals surface area contributed by atoms with Crippen LogP contribution in [-0.2, 0) is 0 Å². The number of para-hydroxylation sites is 3. The van der Waals surface area contributed by atoms with Crippen LogP contribution in [0.4, 0.5) is 17.1 Å². The van der Waals surface area contributed by atoms with Gasteiger partial charge in [0, 0.05) is 53.4 Å². The van der Waals surface area contributed by atoms with E-state index in [0.29, 0.717) is 0 Å². The molecular formula is C46H28N2OS. The van der Waals surface area contributed by atoms with Gasteiger partial charge in [-0.3, -0.25) is 0 Å². The lowest BCUT2D eigenvalue weighted by Gasteiger charge is -2.27. The first-order chi connectivity index (χ1) is 24.8. The van der Waals surface area contributed by atoms with E-state index in [4.69, 9.17) is 4.42 Å². The molecule has 0 aliphatic heterocycles. The van der Waals surface area contributed by atoms with Gasteiger partial charge in [-0.25, -0.2) is 0 Å². The lowest BCUT2D eigenvalue weighted by molar-refractivity contribution is 0.669. The van der Waals surface area contributed by atoms with Crippen molar-refractivity contribution in [3.8, 4) is 5.69 Å². The lowest BCUT2D eigenvalue weighted by atomic mass is 10.0. The number of rotatable bonds is 4. The summed E-state index contributed by atoms with van der Waals surface area (Å²) >= 11 is 1.86. The fraction of sp³-hybridized carbons (Fsp3) is 0. The number of hydrogen-bond donors (Lipinski definition) is 0. The maximum absolute atomic E-state index is 6.41. The lowest BCUT2D eigenvalue weighted by Crippen LogP contribution is -2.10. The van der Waals surface area contributed by atoms with Crippen molar-refractivity contribution >= 4 is 103 Å². The molecule has 50 heavy (non-hydrogen) atoms. The van der Waals surface area contributed by atoms with Gasteiger partial charge in [-0.15, -0.1) is 11.3 Å². The van der Waals surface area contributed by atoms with Gasteiger partial charge >= 0.3 is 0 Å². The first-order valence-electron chi connectivity index (χ1n) is 16.9. The summed E-state index contributed by atoms with van der Waals surface area (Å²) in [7, 11) is 0. The minimum absolute atomic E-state index is 0.878. The highest BCUT2D eigenvalue weighted by Crippen LogP contribution is 2.46. The molecule has 11 aromatic rings. The Morgan fingerprint density at radius 1 is 0.440 bits per heavy atom. The third kappa shape index (κ3) is 4.03. The van der Waals surface area contributed by atoms with Crippen molar-refractivity contribution in [2.24, 2.45) is 0 Å². The van der Waals surface area contributed by atoms with Gasteiger partial charge in [0.1, 0.15) is 11.2 Å². The predicted molar refractivity (Wildman–Crippen MR) is 213 cm³/mol. The average molecular weight is 657 g/mol. The number of hydrogen-bond acceptors (Lipinski definition) is 3. The Hall–Kier alpha value is -6.36. The summed E-state index contributed by atoms with van der Waals surface area (Å²) < 4.78 is 11.4. The van der Waals surface area contributed by atoms with Crippen molar-refractivity contribution in [2.75, 3.05) is 4.90 Å². The monoisotopic (exact) mass is 656 g/mol. The second-order valence-corrected chi connectivity index (χ2v) is 14.0. The Kier molecular flexibility index (Phi) is 5.83. The highest BCUT2D eigenvalue weighted by molar-refractivity contribution is 7.25. The fourth-order valence-corrected chi connectivity index (χ4v) is 9.06. The molecule has 8 aromatic carbocycles. The van der Waals surface area contributed by atoms with Crippen LogP contribution in [0.2, 0.25) is 0 Å². The van der Waals surface area contributed by atoms with Gasteiger partial charge in [0.25, 0.3) is 0 Å². The summed E-state index contributed by atoms with van der Waals surface area (Å²) in [5.41, 5.74) is 8.57. The molecule has 3 heterocycles. The number of aromatic nitrogens is 1. The van der Waals surface area contributed by atoms with E-state index in [1.54, 1.807) is 0 Å². The summed E-state index contributed by atoms with van der Waals surface area (Å²) in [6.45, 7) is 0. The zero-order valence-corrected chi connectivity index (χ0v) is 27.7. The number of anilines is 3. The summed E-state index contributed by atoms with van der Waals surface area (Å²) in [6.07, 6.45) is 0. The van der Waals surface area contributed by atoms with E-state index in [0.717, 1.165) is 44.7 Å². The maximum atomic E-state index is 6.41. The van der Waals surface area contributed by atoms with Crippen LogP contribution < -0.4 is 4.90 Å². The summed E-state index contributed by atoms with van der Waals surface area (Å²) in [4.78, 5) is 2.41. The van der Waals surface area contributed by atoms with Crippen molar-refractivity contribution < 1.29 is 4.42 Å². The molecule has 0 radical (unpaired) electrons. The third-order valence-electron chi connectivity index (χ3n) is 10.1. The van der Waals surface area contributed by atoms with E-state index < -0.39 is 0 Å². The normalized spacial score (nSPS) is 12.0. The van der Waals surface area contributed by atoms with Gasteiger partial charge in [-0.2, -0.15) is 0 Å². The minimum atomic E-state index is 0.878. The van der Waals surface area contributed by atoms with Gasteiger partial charge in [-0.1, -0.05) is 84.9 Å². The Labute approximate surface area is 291 Å². The largest absolute Gasteiger partial charge is 0.456 e. The molecule has 0 saturated heterocycles. The molecule has 0 amide bonds. The van der Waals surface area contributed by atoms with Crippen molar-refractivity contribution in [1.82, 2.24) is 4.57 Å². The maximum Gasteiger partial charge on any atom is 0.137 e. The molecule has 0 N–H and O–H groups in total. The second kappa shape index (κ2) is 10.6. The molecule has 3 nitrogen and oxygen atoms in total. The minimum Gasteiger partial charge on any atom is -0.456 e. The van der Waals surface area contributed by atoms with Crippen molar-refractivity contribution in [1.29, 1.82) is 0 Å². The van der Waals surface area contributed by atoms with Gasteiger partial charge in [0.2, 0.25) is 0 Å². The van der Waals surface area contributed by atoms with Crippen LogP contribution in [0.25, 0.3) is 80.4 Å². The topological polar surface area (TPSA) is 21.3 Å². The molecular weight excluding hydrogens is 629 g/mol. The number of benzene rings is 8. The van der Waals surface area contributed by atoms with Crippen LogP contribution in [0.3, 0.4) is 0 Å². The van der Waals surface area contributed by atoms with Crippen LogP contribution in [0.1, 0.15) is 0 Å². The van der Waals surface area contributed by atoms with Gasteiger partial charge in [0.05, 0.1) is 22.1 Å². The second-order valence-electron chi connectivity index (χ2n) is 13.0. The molecule has 0 saturated carbocycles. The van der Waals surface area contributed by atoms with Crippen molar-refractivity contribution in [3.63, 3.8) is 0 Å². The molecule has 0 aliphatic rings. The van der Waals surface area contributed by atoms with Crippen LogP contribution in [-0.4, -0.2) is 4.57 Å². The molecule has 0 fully saturated rings. The van der Waals surface area contributed by atoms with E-state index >= 15 is 0 Å². The zero-order valence-electron chi connectivity index (χ0n) is 26.9. The van der Waals surface area contributed by atoms with Gasteiger partial charge < -0.3 is 13.9 Å². The highest BCUT2D eigenvalue weighted by Gasteiger charge is 2.22. The first-order valence-corrected chi connectivity index (χ1v) is 17.7.